The number of nitrogens with two attached hydrogens (primary N) is 1. The zero-order chi connectivity index (χ0) is 19.3. The Kier molecular flexibility index (Phi) is 3.52. The van der Waals surface area contributed by atoms with Crippen LogP contribution in [-0.4, -0.2) is 4.92 Å². The summed E-state index contributed by atoms with van der Waals surface area (Å²) in [7, 11) is 0. The standard InChI is InChI=1S/C24H16N2O2/c25-24-22-6-2-1-4-17(22)13-19-5-3-7-21(23(19)24)18-9-8-16-14-20(26(27)28)11-10-15(16)12-18/h1-14H,25H2. The van der Waals surface area contributed by atoms with E-state index < -0.39 is 0 Å². The van der Waals surface area contributed by atoms with E-state index in [4.69, 9.17) is 5.73 Å². The minimum Gasteiger partial charge on any atom is -0.398 e. The van der Waals surface area contributed by atoms with Gasteiger partial charge < -0.3 is 5.73 Å². The summed E-state index contributed by atoms with van der Waals surface area (Å²) in [5.74, 6) is 0. The molecule has 0 spiro atoms. The third-order valence-electron chi connectivity index (χ3n) is 5.27. The zero-order valence-electron chi connectivity index (χ0n) is 14.9. The number of benzene rings is 5. The van der Waals surface area contributed by atoms with Gasteiger partial charge in [0.05, 0.1) is 4.92 Å². The molecule has 5 aromatic carbocycles. The van der Waals surface area contributed by atoms with E-state index in [1.807, 2.05) is 36.4 Å². The minimum absolute atomic E-state index is 0.0983. The molecule has 0 saturated carbocycles. The Morgan fingerprint density at radius 2 is 1.46 bits per heavy atom. The van der Waals surface area contributed by atoms with Gasteiger partial charge in [-0.1, -0.05) is 54.6 Å². The first-order valence-electron chi connectivity index (χ1n) is 9.00. The molecule has 0 aliphatic heterocycles. The zero-order valence-corrected chi connectivity index (χ0v) is 14.9. The van der Waals surface area contributed by atoms with E-state index in [-0.39, 0.29) is 10.6 Å². The molecule has 0 aliphatic carbocycles. The molecule has 0 unspecified atom stereocenters. The summed E-state index contributed by atoms with van der Waals surface area (Å²) in [5, 5.41) is 17.1. The van der Waals surface area contributed by atoms with Gasteiger partial charge in [0.15, 0.2) is 0 Å². The molecule has 4 heteroatoms. The van der Waals surface area contributed by atoms with E-state index in [9.17, 15) is 10.1 Å². The summed E-state index contributed by atoms with van der Waals surface area (Å²) in [5.41, 5.74) is 9.55. The first-order chi connectivity index (χ1) is 13.6. The molecule has 5 rings (SSSR count). The molecule has 0 amide bonds. The van der Waals surface area contributed by atoms with Crippen molar-refractivity contribution < 1.29 is 4.92 Å². The SMILES string of the molecule is Nc1c2ccccc2cc2cccc(-c3ccc4cc([N+](=O)[O-])ccc4c3)c12. The quantitative estimate of drug-likeness (QED) is 0.173. The van der Waals surface area contributed by atoms with E-state index in [1.165, 1.54) is 6.07 Å². The predicted molar refractivity (Wildman–Crippen MR) is 115 cm³/mol. The number of hydrogen-bond donors (Lipinski definition) is 1. The highest BCUT2D eigenvalue weighted by Gasteiger charge is 2.12. The molecule has 0 fully saturated rings. The fourth-order valence-electron chi connectivity index (χ4n) is 3.92. The fraction of sp³-hybridized carbons (Fsp3) is 0. The Morgan fingerprint density at radius 3 is 2.32 bits per heavy atom. The van der Waals surface area contributed by atoms with Crippen LogP contribution in [0, 0.1) is 10.1 Å². The Labute approximate surface area is 161 Å². The summed E-state index contributed by atoms with van der Waals surface area (Å²) >= 11 is 0. The van der Waals surface area contributed by atoms with E-state index in [0.29, 0.717) is 0 Å². The van der Waals surface area contributed by atoms with Crippen LogP contribution < -0.4 is 5.73 Å². The van der Waals surface area contributed by atoms with Gasteiger partial charge in [-0.05, 0) is 50.9 Å². The Balaban J connectivity index is 1.77. The molecule has 2 N–H and O–H groups in total. The molecular weight excluding hydrogens is 348 g/mol. The Bertz CT molecular complexity index is 1410. The summed E-state index contributed by atoms with van der Waals surface area (Å²) in [4.78, 5) is 10.6. The highest BCUT2D eigenvalue weighted by atomic mass is 16.6. The smallest absolute Gasteiger partial charge is 0.270 e. The molecule has 0 saturated heterocycles. The van der Waals surface area contributed by atoms with Gasteiger partial charge in [0, 0.05) is 28.6 Å². The van der Waals surface area contributed by atoms with Crippen LogP contribution in [0.2, 0.25) is 0 Å². The van der Waals surface area contributed by atoms with Crippen molar-refractivity contribution in [1.29, 1.82) is 0 Å². The number of non-ortho nitro benzene ring substituents is 1. The number of nitro groups is 1. The number of hydrogen-bond acceptors (Lipinski definition) is 3. The number of nitrogen functional groups attached to an aromatic ring is 1. The van der Waals surface area contributed by atoms with Crippen LogP contribution in [0.5, 0.6) is 0 Å². The van der Waals surface area contributed by atoms with Gasteiger partial charge >= 0.3 is 0 Å². The van der Waals surface area contributed by atoms with Crippen LogP contribution in [0.4, 0.5) is 11.4 Å². The van der Waals surface area contributed by atoms with Gasteiger partial charge in [0.2, 0.25) is 0 Å². The molecule has 0 aromatic heterocycles. The third kappa shape index (κ3) is 2.47. The maximum atomic E-state index is 11.0. The van der Waals surface area contributed by atoms with Crippen LogP contribution in [-0.2, 0) is 0 Å². The van der Waals surface area contributed by atoms with Crippen LogP contribution in [0.25, 0.3) is 43.4 Å². The third-order valence-corrected chi connectivity index (χ3v) is 5.27. The van der Waals surface area contributed by atoms with Crippen molar-refractivity contribution in [2.45, 2.75) is 0 Å². The lowest BCUT2D eigenvalue weighted by atomic mass is 9.93. The number of rotatable bonds is 2. The highest BCUT2D eigenvalue weighted by molar-refractivity contribution is 6.15. The number of nitrogens with zero attached hydrogens (tertiary/aromatic N) is 1. The number of fused-ring (bicyclic) bond motifs is 3. The molecule has 0 atom stereocenters. The topological polar surface area (TPSA) is 69.2 Å². The molecule has 28 heavy (non-hydrogen) atoms. The lowest BCUT2D eigenvalue weighted by molar-refractivity contribution is -0.384. The second-order valence-electron chi connectivity index (χ2n) is 6.92. The van der Waals surface area contributed by atoms with E-state index >= 15 is 0 Å². The van der Waals surface area contributed by atoms with Crippen molar-refractivity contribution in [2.75, 3.05) is 5.73 Å². The van der Waals surface area contributed by atoms with E-state index in [0.717, 1.165) is 49.1 Å². The average molecular weight is 364 g/mol. The number of anilines is 1. The summed E-state index contributed by atoms with van der Waals surface area (Å²) in [6.07, 6.45) is 0. The van der Waals surface area contributed by atoms with Crippen LogP contribution >= 0.6 is 0 Å². The largest absolute Gasteiger partial charge is 0.398 e. The molecular formula is C24H16N2O2. The molecule has 0 heterocycles. The van der Waals surface area contributed by atoms with Gasteiger partial charge in [-0.3, -0.25) is 10.1 Å². The first kappa shape index (κ1) is 16.3. The average Bonchev–Trinajstić information content (AvgIpc) is 2.72. The molecule has 0 bridgehead atoms. The predicted octanol–water partition coefficient (Wildman–Crippen LogP) is 6.30. The number of nitro benzene ring substituents is 1. The van der Waals surface area contributed by atoms with Gasteiger partial charge in [0.25, 0.3) is 5.69 Å². The summed E-state index contributed by atoms with van der Waals surface area (Å²) < 4.78 is 0. The maximum absolute atomic E-state index is 11.0. The van der Waals surface area contributed by atoms with Gasteiger partial charge in [0.1, 0.15) is 0 Å². The summed E-state index contributed by atoms with van der Waals surface area (Å²) in [6, 6.07) is 27.4. The molecule has 0 aliphatic rings. The monoisotopic (exact) mass is 364 g/mol. The van der Waals surface area contributed by atoms with Crippen molar-refractivity contribution in [3.63, 3.8) is 0 Å². The van der Waals surface area contributed by atoms with Crippen molar-refractivity contribution >= 4 is 43.7 Å². The second-order valence-corrected chi connectivity index (χ2v) is 6.92. The van der Waals surface area contributed by atoms with E-state index in [2.05, 4.69) is 30.3 Å². The molecule has 134 valence electrons. The molecule has 0 radical (unpaired) electrons. The summed E-state index contributed by atoms with van der Waals surface area (Å²) in [6.45, 7) is 0. The van der Waals surface area contributed by atoms with Gasteiger partial charge in [-0.15, -0.1) is 0 Å². The van der Waals surface area contributed by atoms with Crippen molar-refractivity contribution in [3.05, 3.63) is 95.0 Å². The van der Waals surface area contributed by atoms with Crippen molar-refractivity contribution in [1.82, 2.24) is 0 Å². The van der Waals surface area contributed by atoms with E-state index in [1.54, 1.807) is 12.1 Å². The minimum atomic E-state index is -0.371. The van der Waals surface area contributed by atoms with Crippen LogP contribution in [0.15, 0.2) is 84.9 Å². The van der Waals surface area contributed by atoms with Crippen LogP contribution in [0.1, 0.15) is 0 Å². The molecule has 4 nitrogen and oxygen atoms in total. The normalized spacial score (nSPS) is 11.3. The lowest BCUT2D eigenvalue weighted by Crippen LogP contribution is -1.92. The van der Waals surface area contributed by atoms with Gasteiger partial charge in [-0.25, -0.2) is 0 Å². The van der Waals surface area contributed by atoms with Crippen molar-refractivity contribution in [2.24, 2.45) is 0 Å². The second kappa shape index (κ2) is 6.06. The van der Waals surface area contributed by atoms with Crippen LogP contribution in [0.3, 0.4) is 0 Å². The highest BCUT2D eigenvalue weighted by Crippen LogP contribution is 2.38. The molecule has 5 aromatic rings. The Hall–Kier alpha value is -3.92. The fourth-order valence-corrected chi connectivity index (χ4v) is 3.92. The van der Waals surface area contributed by atoms with Gasteiger partial charge in [-0.2, -0.15) is 0 Å². The maximum Gasteiger partial charge on any atom is 0.270 e. The Morgan fingerprint density at radius 1 is 0.714 bits per heavy atom. The lowest BCUT2D eigenvalue weighted by Gasteiger charge is -2.13. The first-order valence-corrected chi connectivity index (χ1v) is 9.00. The van der Waals surface area contributed by atoms with Crippen molar-refractivity contribution in [3.8, 4) is 11.1 Å².